The molecule has 1 aliphatic rings. The summed E-state index contributed by atoms with van der Waals surface area (Å²) in [5.41, 5.74) is 2.04. The van der Waals surface area contributed by atoms with Gasteiger partial charge in [0.2, 0.25) is 0 Å². The van der Waals surface area contributed by atoms with Gasteiger partial charge in [0.25, 0.3) is 5.56 Å². The van der Waals surface area contributed by atoms with Crippen molar-refractivity contribution < 1.29 is 0 Å². The number of hydrogen-bond donors (Lipinski definition) is 2. The van der Waals surface area contributed by atoms with Crippen molar-refractivity contribution in [2.75, 3.05) is 0 Å². The fourth-order valence-electron chi connectivity index (χ4n) is 2.22. The number of aromatic nitrogens is 2. The molecule has 1 heterocycles. The molecule has 2 N–H and O–H groups in total. The smallest absolute Gasteiger partial charge is 0.251 e. The molecule has 0 radical (unpaired) electrons. The number of rotatable bonds is 6. The molecule has 1 aliphatic carbocycles. The number of aryl methyl sites for hydroxylation is 2. The Hall–Kier alpha value is -1.94. The first-order chi connectivity index (χ1) is 9.79. The van der Waals surface area contributed by atoms with Gasteiger partial charge >= 0.3 is 0 Å². The molecule has 1 saturated carbocycles. The lowest BCUT2D eigenvalue weighted by Crippen LogP contribution is -2.20. The van der Waals surface area contributed by atoms with Crippen molar-refractivity contribution in [2.45, 2.75) is 38.3 Å². The third kappa shape index (κ3) is 3.78. The molecule has 3 rings (SSSR count). The second-order valence-corrected chi connectivity index (χ2v) is 5.32. The number of H-pyrrole nitrogens is 1. The molecule has 0 unspecified atom stereocenters. The van der Waals surface area contributed by atoms with Crippen LogP contribution in [-0.2, 0) is 19.4 Å². The number of nitrogens with zero attached hydrogens (tertiary/aromatic N) is 1. The van der Waals surface area contributed by atoms with E-state index >= 15 is 0 Å². The van der Waals surface area contributed by atoms with E-state index in [-0.39, 0.29) is 5.56 Å². The Balaban J connectivity index is 1.64. The Morgan fingerprint density at radius 2 is 2.00 bits per heavy atom. The van der Waals surface area contributed by atoms with Gasteiger partial charge in [0.05, 0.1) is 5.69 Å². The van der Waals surface area contributed by atoms with Gasteiger partial charge in [-0.15, -0.1) is 0 Å². The predicted molar refractivity (Wildman–Crippen MR) is 78.6 cm³/mol. The van der Waals surface area contributed by atoms with Crippen LogP contribution in [0.2, 0.25) is 0 Å². The number of hydrogen-bond acceptors (Lipinski definition) is 3. The van der Waals surface area contributed by atoms with Gasteiger partial charge in [0.15, 0.2) is 0 Å². The zero-order valence-corrected chi connectivity index (χ0v) is 11.4. The van der Waals surface area contributed by atoms with Crippen LogP contribution >= 0.6 is 0 Å². The van der Waals surface area contributed by atoms with E-state index in [0.717, 1.165) is 24.4 Å². The van der Waals surface area contributed by atoms with Crippen molar-refractivity contribution in [1.29, 1.82) is 0 Å². The molecular weight excluding hydrogens is 250 g/mol. The van der Waals surface area contributed by atoms with Crippen LogP contribution in [0.1, 0.15) is 29.9 Å². The van der Waals surface area contributed by atoms with Crippen molar-refractivity contribution in [1.82, 2.24) is 15.3 Å². The maximum Gasteiger partial charge on any atom is 0.251 e. The minimum atomic E-state index is -0.0596. The minimum Gasteiger partial charge on any atom is -0.311 e. The summed E-state index contributed by atoms with van der Waals surface area (Å²) in [5, 5.41) is 3.39. The number of nitrogens with one attached hydrogen (secondary N) is 2. The Morgan fingerprint density at radius 3 is 2.75 bits per heavy atom. The highest BCUT2D eigenvalue weighted by molar-refractivity contribution is 5.15. The van der Waals surface area contributed by atoms with Gasteiger partial charge in [-0.05, 0) is 24.8 Å². The highest BCUT2D eigenvalue weighted by atomic mass is 16.1. The van der Waals surface area contributed by atoms with Gasteiger partial charge in [-0.25, -0.2) is 4.98 Å². The quantitative estimate of drug-likeness (QED) is 0.841. The van der Waals surface area contributed by atoms with Gasteiger partial charge in [0, 0.05) is 25.1 Å². The predicted octanol–water partition coefficient (Wildman–Crippen LogP) is 1.81. The van der Waals surface area contributed by atoms with E-state index in [1.165, 1.54) is 18.4 Å². The monoisotopic (exact) mass is 269 g/mol. The number of aromatic amines is 1. The van der Waals surface area contributed by atoms with E-state index in [4.69, 9.17) is 0 Å². The highest BCUT2D eigenvalue weighted by Gasteiger charge is 2.20. The topological polar surface area (TPSA) is 57.8 Å². The Kier molecular flexibility index (Phi) is 3.92. The first kappa shape index (κ1) is 13.1. The normalized spacial score (nSPS) is 14.4. The van der Waals surface area contributed by atoms with Gasteiger partial charge in [-0.3, -0.25) is 4.79 Å². The van der Waals surface area contributed by atoms with Gasteiger partial charge in [-0.1, -0.05) is 30.3 Å². The maximum absolute atomic E-state index is 11.7. The summed E-state index contributed by atoms with van der Waals surface area (Å²) in [6, 6.07) is 12.5. The van der Waals surface area contributed by atoms with E-state index < -0.39 is 0 Å². The molecule has 0 atom stereocenters. The molecule has 1 fully saturated rings. The summed E-state index contributed by atoms with van der Waals surface area (Å²) < 4.78 is 0. The van der Waals surface area contributed by atoms with Crippen LogP contribution in [-0.4, -0.2) is 16.0 Å². The summed E-state index contributed by atoms with van der Waals surface area (Å²) in [6.07, 6.45) is 4.13. The van der Waals surface area contributed by atoms with Gasteiger partial charge in [-0.2, -0.15) is 0 Å². The molecule has 1 aromatic heterocycles. The van der Waals surface area contributed by atoms with Crippen LogP contribution in [0, 0.1) is 0 Å². The van der Waals surface area contributed by atoms with Crippen LogP contribution in [0.15, 0.2) is 41.2 Å². The SMILES string of the molecule is O=c1cc(CNC2CC2)nc(CCc2ccccc2)[nH]1. The van der Waals surface area contributed by atoms with Crippen LogP contribution in [0.3, 0.4) is 0 Å². The van der Waals surface area contributed by atoms with E-state index in [0.29, 0.717) is 12.6 Å². The lowest BCUT2D eigenvalue weighted by molar-refractivity contribution is 0.664. The third-order valence-electron chi connectivity index (χ3n) is 3.49. The molecule has 0 amide bonds. The molecule has 0 saturated heterocycles. The average molecular weight is 269 g/mol. The summed E-state index contributed by atoms with van der Waals surface area (Å²) in [5.74, 6) is 0.772. The summed E-state index contributed by atoms with van der Waals surface area (Å²) in [7, 11) is 0. The maximum atomic E-state index is 11.7. The summed E-state index contributed by atoms with van der Waals surface area (Å²) >= 11 is 0. The fourth-order valence-corrected chi connectivity index (χ4v) is 2.22. The van der Waals surface area contributed by atoms with Gasteiger partial charge in [0.1, 0.15) is 5.82 Å². The van der Waals surface area contributed by atoms with Crippen LogP contribution in [0.5, 0.6) is 0 Å². The lowest BCUT2D eigenvalue weighted by atomic mass is 10.1. The molecule has 2 aromatic rings. The van der Waals surface area contributed by atoms with E-state index in [1.807, 2.05) is 18.2 Å². The fraction of sp³-hybridized carbons (Fsp3) is 0.375. The highest BCUT2D eigenvalue weighted by Crippen LogP contribution is 2.18. The molecule has 0 bridgehead atoms. The van der Waals surface area contributed by atoms with Crippen molar-refractivity contribution in [3.8, 4) is 0 Å². The van der Waals surface area contributed by atoms with Gasteiger partial charge < -0.3 is 10.3 Å². The standard InChI is InChI=1S/C16H19N3O/c20-16-10-14(11-17-13-7-8-13)18-15(19-16)9-6-12-4-2-1-3-5-12/h1-5,10,13,17H,6-9,11H2,(H,18,19,20). The Labute approximate surface area is 118 Å². The second-order valence-electron chi connectivity index (χ2n) is 5.32. The summed E-state index contributed by atoms with van der Waals surface area (Å²) in [4.78, 5) is 19.0. The first-order valence-electron chi connectivity index (χ1n) is 7.16. The molecule has 104 valence electrons. The van der Waals surface area contributed by atoms with Crippen molar-refractivity contribution >= 4 is 0 Å². The summed E-state index contributed by atoms with van der Waals surface area (Å²) in [6.45, 7) is 0.687. The van der Waals surface area contributed by atoms with Crippen LogP contribution in [0.4, 0.5) is 0 Å². The Bertz CT molecular complexity index is 617. The second kappa shape index (κ2) is 6.01. The zero-order chi connectivity index (χ0) is 13.8. The molecule has 0 aliphatic heterocycles. The third-order valence-corrected chi connectivity index (χ3v) is 3.49. The molecule has 1 aromatic carbocycles. The molecule has 0 spiro atoms. The van der Waals surface area contributed by atoms with E-state index in [1.54, 1.807) is 6.07 Å². The first-order valence-corrected chi connectivity index (χ1v) is 7.16. The molecular formula is C16H19N3O. The largest absolute Gasteiger partial charge is 0.311 e. The van der Waals surface area contributed by atoms with Crippen LogP contribution in [0.25, 0.3) is 0 Å². The minimum absolute atomic E-state index is 0.0596. The molecule has 4 heteroatoms. The zero-order valence-electron chi connectivity index (χ0n) is 11.4. The molecule has 4 nitrogen and oxygen atoms in total. The molecule has 20 heavy (non-hydrogen) atoms. The van der Waals surface area contributed by atoms with Crippen molar-refractivity contribution in [2.24, 2.45) is 0 Å². The number of benzene rings is 1. The van der Waals surface area contributed by atoms with E-state index in [2.05, 4.69) is 27.4 Å². The van der Waals surface area contributed by atoms with Crippen molar-refractivity contribution in [3.05, 3.63) is 63.8 Å². The Morgan fingerprint density at radius 1 is 1.20 bits per heavy atom. The lowest BCUT2D eigenvalue weighted by Gasteiger charge is -2.05. The van der Waals surface area contributed by atoms with E-state index in [9.17, 15) is 4.79 Å². The van der Waals surface area contributed by atoms with Crippen molar-refractivity contribution in [3.63, 3.8) is 0 Å². The van der Waals surface area contributed by atoms with Crippen LogP contribution < -0.4 is 10.9 Å². The average Bonchev–Trinajstić information content (AvgIpc) is 3.28.